The minimum absolute atomic E-state index is 0.196. The van der Waals surface area contributed by atoms with E-state index in [0.29, 0.717) is 16.0 Å². The summed E-state index contributed by atoms with van der Waals surface area (Å²) in [5, 5.41) is 1.11. The summed E-state index contributed by atoms with van der Waals surface area (Å²) in [4.78, 5) is 13.4. The first-order chi connectivity index (χ1) is 8.49. The molecule has 1 aliphatic rings. The van der Waals surface area contributed by atoms with E-state index in [1.54, 1.807) is 6.07 Å². The van der Waals surface area contributed by atoms with E-state index in [1.165, 1.54) is 0 Å². The molecule has 0 bridgehead atoms. The molecule has 1 aromatic rings. The van der Waals surface area contributed by atoms with Crippen LogP contribution in [-0.4, -0.2) is 30.4 Å². The van der Waals surface area contributed by atoms with Gasteiger partial charge in [0.25, 0.3) is 0 Å². The Hall–Kier alpha value is -0.770. The van der Waals surface area contributed by atoms with Crippen molar-refractivity contribution in [1.29, 1.82) is 0 Å². The fourth-order valence-corrected chi connectivity index (χ4v) is 2.79. The Bertz CT molecular complexity index is 464. The van der Waals surface area contributed by atoms with Crippen LogP contribution in [0.2, 0.25) is 10.0 Å². The summed E-state index contributed by atoms with van der Waals surface area (Å²) in [7, 11) is 1.93. The number of amides is 1. The smallest absolute Gasteiger partial charge is 0.234 e. The van der Waals surface area contributed by atoms with Gasteiger partial charge in [0.2, 0.25) is 5.91 Å². The monoisotopic (exact) mass is 286 g/mol. The maximum atomic E-state index is 11.4. The number of halogens is 2. The number of likely N-dealkylation sites (N-methyl/N-ethyl adjacent to an activating group) is 1. The number of hydrogen-bond acceptors (Lipinski definition) is 2. The van der Waals surface area contributed by atoms with Crippen LogP contribution in [-0.2, 0) is 4.79 Å². The Morgan fingerprint density at radius 2 is 2.11 bits per heavy atom. The normalized spacial score (nSPS) is 25.1. The molecule has 1 heterocycles. The third-order valence-electron chi connectivity index (χ3n) is 3.61. The molecular weight excluding hydrogens is 271 g/mol. The van der Waals surface area contributed by atoms with Gasteiger partial charge in [0.15, 0.2) is 0 Å². The van der Waals surface area contributed by atoms with E-state index >= 15 is 0 Å². The number of carbonyl (C=O) groups is 1. The predicted molar refractivity (Wildman–Crippen MR) is 74.0 cm³/mol. The molecule has 1 aromatic carbocycles. The zero-order valence-electron chi connectivity index (χ0n) is 10.2. The molecule has 1 saturated heterocycles. The van der Waals surface area contributed by atoms with Gasteiger partial charge in [-0.15, -0.1) is 0 Å². The summed E-state index contributed by atoms with van der Waals surface area (Å²) in [5.74, 6) is 0.0516. The highest BCUT2D eigenvalue weighted by Gasteiger charge is 2.30. The van der Waals surface area contributed by atoms with Crippen LogP contribution in [0.15, 0.2) is 18.2 Å². The summed E-state index contributed by atoms with van der Waals surface area (Å²) in [5.41, 5.74) is 6.55. The van der Waals surface area contributed by atoms with Gasteiger partial charge in [0.1, 0.15) is 0 Å². The minimum Gasteiger partial charge on any atom is -0.368 e. The number of piperidine rings is 1. The van der Waals surface area contributed by atoms with Crippen LogP contribution in [0.25, 0.3) is 0 Å². The predicted octanol–water partition coefficient (Wildman–Crippen LogP) is 2.66. The molecule has 0 aromatic heterocycles. The van der Waals surface area contributed by atoms with E-state index in [9.17, 15) is 4.79 Å². The fourth-order valence-electron chi connectivity index (χ4n) is 2.49. The van der Waals surface area contributed by atoms with Crippen LogP contribution in [0.3, 0.4) is 0 Å². The average molecular weight is 287 g/mol. The minimum atomic E-state index is -0.262. The van der Waals surface area contributed by atoms with Crippen LogP contribution >= 0.6 is 23.2 Å². The van der Waals surface area contributed by atoms with Gasteiger partial charge in [-0.3, -0.25) is 9.69 Å². The van der Waals surface area contributed by atoms with Crippen LogP contribution in [0.1, 0.15) is 24.3 Å². The first-order valence-corrected chi connectivity index (χ1v) is 6.69. The molecule has 2 N–H and O–H groups in total. The van der Waals surface area contributed by atoms with Crippen LogP contribution in [0.5, 0.6) is 0 Å². The Kier molecular flexibility index (Phi) is 4.15. The molecule has 18 heavy (non-hydrogen) atoms. The van der Waals surface area contributed by atoms with Gasteiger partial charge < -0.3 is 5.73 Å². The van der Waals surface area contributed by atoms with Crippen molar-refractivity contribution in [1.82, 2.24) is 4.90 Å². The lowest BCUT2D eigenvalue weighted by Crippen LogP contribution is -2.47. The molecule has 1 fully saturated rings. The molecule has 0 radical (unpaired) electrons. The lowest BCUT2D eigenvalue weighted by Gasteiger charge is -2.35. The largest absolute Gasteiger partial charge is 0.368 e. The average Bonchev–Trinajstić information content (AvgIpc) is 2.33. The van der Waals surface area contributed by atoms with Gasteiger partial charge in [0.05, 0.1) is 16.1 Å². The van der Waals surface area contributed by atoms with Gasteiger partial charge in [-0.25, -0.2) is 0 Å². The van der Waals surface area contributed by atoms with Crippen molar-refractivity contribution in [3.63, 3.8) is 0 Å². The maximum absolute atomic E-state index is 11.4. The van der Waals surface area contributed by atoms with Crippen molar-refractivity contribution in [3.05, 3.63) is 33.8 Å². The summed E-state index contributed by atoms with van der Waals surface area (Å²) in [6.07, 6.45) is 1.74. The highest BCUT2D eigenvalue weighted by atomic mass is 35.5. The van der Waals surface area contributed by atoms with E-state index < -0.39 is 0 Å². The lowest BCUT2D eigenvalue weighted by molar-refractivity contribution is -0.124. The first-order valence-electron chi connectivity index (χ1n) is 5.93. The van der Waals surface area contributed by atoms with Crippen LogP contribution in [0, 0.1) is 0 Å². The third-order valence-corrected chi connectivity index (χ3v) is 4.35. The zero-order chi connectivity index (χ0) is 13.3. The second-order valence-electron chi connectivity index (χ2n) is 4.79. The number of carbonyl (C=O) groups excluding carboxylic acids is 1. The van der Waals surface area contributed by atoms with Gasteiger partial charge in [-0.1, -0.05) is 29.3 Å². The van der Waals surface area contributed by atoms with Crippen LogP contribution < -0.4 is 5.73 Å². The number of benzene rings is 1. The Labute approximate surface area is 117 Å². The second kappa shape index (κ2) is 5.47. The molecule has 2 unspecified atom stereocenters. The SMILES string of the molecule is CN1CCC(c2ccc(Cl)c(Cl)c2)CC1C(N)=O. The van der Waals surface area contributed by atoms with Gasteiger partial charge in [-0.2, -0.15) is 0 Å². The number of likely N-dealkylation sites (tertiary alicyclic amines) is 1. The number of nitrogens with zero attached hydrogens (tertiary/aromatic N) is 1. The van der Waals surface area contributed by atoms with Crippen molar-refractivity contribution >= 4 is 29.1 Å². The van der Waals surface area contributed by atoms with Gasteiger partial charge in [0, 0.05) is 0 Å². The van der Waals surface area contributed by atoms with E-state index in [1.807, 2.05) is 24.1 Å². The molecule has 0 saturated carbocycles. The molecule has 3 nitrogen and oxygen atoms in total. The molecule has 0 spiro atoms. The van der Waals surface area contributed by atoms with E-state index in [-0.39, 0.29) is 11.9 Å². The molecule has 1 aliphatic heterocycles. The van der Waals surface area contributed by atoms with Crippen molar-refractivity contribution < 1.29 is 4.79 Å². The van der Waals surface area contributed by atoms with Gasteiger partial charge >= 0.3 is 0 Å². The fraction of sp³-hybridized carbons (Fsp3) is 0.462. The molecule has 98 valence electrons. The Morgan fingerprint density at radius 3 is 2.72 bits per heavy atom. The van der Waals surface area contributed by atoms with Gasteiger partial charge in [-0.05, 0) is 50.0 Å². The Balaban J connectivity index is 2.18. The van der Waals surface area contributed by atoms with Crippen LogP contribution in [0.4, 0.5) is 0 Å². The van der Waals surface area contributed by atoms with Crippen molar-refractivity contribution in [2.45, 2.75) is 24.8 Å². The second-order valence-corrected chi connectivity index (χ2v) is 5.61. The quantitative estimate of drug-likeness (QED) is 0.909. The molecule has 2 rings (SSSR count). The number of hydrogen-bond donors (Lipinski definition) is 1. The van der Waals surface area contributed by atoms with Crippen molar-refractivity contribution in [3.8, 4) is 0 Å². The molecule has 2 atom stereocenters. The summed E-state index contributed by atoms with van der Waals surface area (Å²) in [6, 6.07) is 5.47. The standard InChI is InChI=1S/C13H16Cl2N2O/c1-17-5-4-9(7-12(17)13(16)18)8-2-3-10(14)11(15)6-8/h2-3,6,9,12H,4-5,7H2,1H3,(H2,16,18). The van der Waals surface area contributed by atoms with E-state index in [4.69, 9.17) is 28.9 Å². The first kappa shape index (κ1) is 13.7. The number of nitrogens with two attached hydrogens (primary N) is 1. The third kappa shape index (κ3) is 2.79. The zero-order valence-corrected chi connectivity index (χ0v) is 11.7. The topological polar surface area (TPSA) is 46.3 Å². The highest BCUT2D eigenvalue weighted by molar-refractivity contribution is 6.42. The summed E-state index contributed by atoms with van der Waals surface area (Å²) in [6.45, 7) is 0.860. The van der Waals surface area contributed by atoms with E-state index in [2.05, 4.69) is 0 Å². The Morgan fingerprint density at radius 1 is 1.39 bits per heavy atom. The maximum Gasteiger partial charge on any atom is 0.234 e. The number of primary amides is 1. The molecule has 5 heteroatoms. The van der Waals surface area contributed by atoms with E-state index in [0.717, 1.165) is 24.9 Å². The lowest BCUT2D eigenvalue weighted by atomic mass is 9.85. The van der Waals surface area contributed by atoms with Crippen molar-refractivity contribution in [2.75, 3.05) is 13.6 Å². The highest BCUT2D eigenvalue weighted by Crippen LogP contribution is 2.34. The summed E-state index contributed by atoms with van der Waals surface area (Å²) >= 11 is 11.9. The molecule has 1 amide bonds. The molecule has 0 aliphatic carbocycles. The number of rotatable bonds is 2. The molecular formula is C13H16Cl2N2O. The van der Waals surface area contributed by atoms with Crippen molar-refractivity contribution in [2.24, 2.45) is 5.73 Å². The summed E-state index contributed by atoms with van der Waals surface area (Å²) < 4.78 is 0.